The average molecular weight is 373 g/mol. The Hall–Kier alpha value is -2.23. The van der Waals surface area contributed by atoms with Crippen molar-refractivity contribution in [1.29, 1.82) is 5.26 Å². The van der Waals surface area contributed by atoms with Gasteiger partial charge in [-0.1, -0.05) is 29.8 Å². The lowest BCUT2D eigenvalue weighted by Crippen LogP contribution is -2.19. The van der Waals surface area contributed by atoms with Crippen molar-refractivity contribution in [1.82, 2.24) is 0 Å². The van der Waals surface area contributed by atoms with Gasteiger partial charge in [0.25, 0.3) is 0 Å². The number of hydrogen-bond donors (Lipinski definition) is 0. The summed E-state index contributed by atoms with van der Waals surface area (Å²) in [7, 11) is -3.74. The van der Waals surface area contributed by atoms with Crippen LogP contribution in [-0.2, 0) is 14.6 Å². The van der Waals surface area contributed by atoms with Gasteiger partial charge in [0.2, 0.25) is 0 Å². The number of nitrogens with zero attached hydrogens (tertiary/aromatic N) is 1. The molecule has 1 aliphatic carbocycles. The van der Waals surface area contributed by atoms with E-state index in [4.69, 9.17) is 4.74 Å². The Morgan fingerprint density at radius 2 is 1.77 bits per heavy atom. The van der Waals surface area contributed by atoms with E-state index in [1.165, 1.54) is 12.1 Å². The number of aryl methyl sites for hydroxylation is 1. The fraction of sp³-hybridized carbons (Fsp3) is 0.350. The summed E-state index contributed by atoms with van der Waals surface area (Å²) < 4.78 is 45.1. The van der Waals surface area contributed by atoms with Crippen LogP contribution in [0.2, 0.25) is 0 Å². The van der Waals surface area contributed by atoms with Gasteiger partial charge in [0.1, 0.15) is 11.2 Å². The van der Waals surface area contributed by atoms with Crippen LogP contribution in [0.25, 0.3) is 0 Å². The fourth-order valence-corrected chi connectivity index (χ4v) is 5.80. The second-order valence-corrected chi connectivity index (χ2v) is 8.67. The number of hydrogen-bond acceptors (Lipinski definition) is 4. The van der Waals surface area contributed by atoms with E-state index in [0.29, 0.717) is 12.2 Å². The van der Waals surface area contributed by atoms with Crippen molar-refractivity contribution in [2.24, 2.45) is 5.41 Å². The Bertz CT molecular complexity index is 933. The molecule has 0 heterocycles. The van der Waals surface area contributed by atoms with Gasteiger partial charge >= 0.3 is 0 Å². The summed E-state index contributed by atoms with van der Waals surface area (Å²) in [5, 5.41) is 8.91. The molecule has 0 aromatic heterocycles. The summed E-state index contributed by atoms with van der Waals surface area (Å²) in [5.74, 6) is -0.953. The molecule has 4 nitrogen and oxygen atoms in total. The molecule has 0 amide bonds. The molecule has 0 spiro atoms. The Balaban J connectivity index is 2.05. The lowest BCUT2D eigenvalue weighted by molar-refractivity contribution is 0.117. The molecule has 1 saturated carbocycles. The minimum atomic E-state index is -3.74. The highest BCUT2D eigenvalue weighted by atomic mass is 32.2. The predicted molar refractivity (Wildman–Crippen MR) is 95.8 cm³/mol. The molecule has 6 heteroatoms. The molecule has 136 valence electrons. The monoisotopic (exact) mass is 373 g/mol. The van der Waals surface area contributed by atoms with E-state index in [1.807, 2.05) is 6.92 Å². The van der Waals surface area contributed by atoms with Crippen LogP contribution in [0.15, 0.2) is 53.4 Å². The maximum atomic E-state index is 13.3. The predicted octanol–water partition coefficient (Wildman–Crippen LogP) is 3.62. The van der Waals surface area contributed by atoms with Gasteiger partial charge in [-0.25, -0.2) is 12.8 Å². The third kappa shape index (κ3) is 3.02. The Morgan fingerprint density at radius 3 is 2.31 bits per heavy atom. The number of ether oxygens (including phenoxy) is 1. The first-order valence-electron chi connectivity index (χ1n) is 8.42. The van der Waals surface area contributed by atoms with Crippen molar-refractivity contribution in [2.75, 3.05) is 13.2 Å². The minimum absolute atomic E-state index is 0.0256. The average Bonchev–Trinajstić information content (AvgIpc) is 3.31. The lowest BCUT2D eigenvalue weighted by atomic mass is 10.0. The molecule has 26 heavy (non-hydrogen) atoms. The van der Waals surface area contributed by atoms with Crippen molar-refractivity contribution < 1.29 is 17.5 Å². The van der Waals surface area contributed by atoms with Crippen LogP contribution in [0.1, 0.15) is 24.0 Å². The van der Waals surface area contributed by atoms with E-state index in [1.54, 1.807) is 43.3 Å². The Kier molecular flexibility index (Phi) is 4.87. The molecular weight excluding hydrogens is 353 g/mol. The zero-order chi connectivity index (χ0) is 18.9. The van der Waals surface area contributed by atoms with Crippen LogP contribution in [0, 0.1) is 29.5 Å². The van der Waals surface area contributed by atoms with E-state index >= 15 is 0 Å². The van der Waals surface area contributed by atoms with E-state index in [-0.39, 0.29) is 11.5 Å². The molecule has 3 rings (SSSR count). The molecule has 0 bridgehead atoms. The quantitative estimate of drug-likeness (QED) is 0.776. The lowest BCUT2D eigenvalue weighted by Gasteiger charge is -2.10. The van der Waals surface area contributed by atoms with Gasteiger partial charge in [-0.3, -0.25) is 0 Å². The van der Waals surface area contributed by atoms with Gasteiger partial charge in [0, 0.05) is 12.5 Å². The SMILES string of the molecule is CCOC[C@]1(C#N)[C@@H](c2ccc(F)cc2)[C@@H]1S(=O)(=O)c1ccc(C)cc1. The van der Waals surface area contributed by atoms with Crippen LogP contribution in [0.3, 0.4) is 0 Å². The van der Waals surface area contributed by atoms with Crippen molar-refractivity contribution >= 4 is 9.84 Å². The van der Waals surface area contributed by atoms with Crippen molar-refractivity contribution in [3.05, 3.63) is 65.5 Å². The first-order chi connectivity index (χ1) is 12.4. The number of benzene rings is 2. The highest BCUT2D eigenvalue weighted by Gasteiger charge is 2.72. The van der Waals surface area contributed by atoms with Crippen LogP contribution >= 0.6 is 0 Å². The first-order valence-corrected chi connectivity index (χ1v) is 9.96. The molecule has 0 saturated heterocycles. The molecule has 0 aliphatic heterocycles. The third-order valence-corrected chi connectivity index (χ3v) is 7.21. The molecule has 0 N–H and O–H groups in total. The second-order valence-electron chi connectivity index (χ2n) is 6.60. The number of rotatable bonds is 6. The van der Waals surface area contributed by atoms with E-state index in [0.717, 1.165) is 5.56 Å². The Labute approximate surface area is 153 Å². The van der Waals surface area contributed by atoms with Crippen molar-refractivity contribution in [2.45, 2.75) is 29.9 Å². The van der Waals surface area contributed by atoms with E-state index in [2.05, 4.69) is 6.07 Å². The van der Waals surface area contributed by atoms with E-state index < -0.39 is 32.2 Å². The number of nitriles is 1. The smallest absolute Gasteiger partial charge is 0.183 e. The highest BCUT2D eigenvalue weighted by Crippen LogP contribution is 2.63. The molecule has 0 unspecified atom stereocenters. The van der Waals surface area contributed by atoms with Crippen LogP contribution in [0.5, 0.6) is 0 Å². The second kappa shape index (κ2) is 6.82. The summed E-state index contributed by atoms with van der Waals surface area (Å²) >= 11 is 0. The van der Waals surface area contributed by atoms with E-state index in [9.17, 15) is 18.1 Å². The van der Waals surface area contributed by atoms with Crippen LogP contribution in [0.4, 0.5) is 4.39 Å². The topological polar surface area (TPSA) is 67.2 Å². The van der Waals surface area contributed by atoms with Crippen LogP contribution in [-0.4, -0.2) is 26.9 Å². The van der Waals surface area contributed by atoms with Crippen molar-refractivity contribution in [3.63, 3.8) is 0 Å². The van der Waals surface area contributed by atoms with Crippen molar-refractivity contribution in [3.8, 4) is 6.07 Å². The molecule has 1 fully saturated rings. The highest BCUT2D eigenvalue weighted by molar-refractivity contribution is 7.92. The Morgan fingerprint density at radius 1 is 1.15 bits per heavy atom. The number of halogens is 1. The minimum Gasteiger partial charge on any atom is -0.380 e. The summed E-state index contributed by atoms with van der Waals surface area (Å²) in [6.45, 7) is 4.09. The fourth-order valence-electron chi connectivity index (χ4n) is 3.49. The van der Waals surface area contributed by atoms with Gasteiger partial charge in [-0.05, 0) is 43.7 Å². The molecule has 3 atom stereocenters. The standard InChI is InChI=1S/C20H20FNO3S/c1-3-25-13-20(12-22)18(15-6-8-16(21)9-7-15)19(20)26(23,24)17-10-4-14(2)5-11-17/h4-11,18-19H,3,13H2,1-2H3/t18-,19-,20+/m0/s1. The third-order valence-electron chi connectivity index (χ3n) is 4.92. The molecular formula is C20H20FNO3S. The van der Waals surface area contributed by atoms with Gasteiger partial charge in [-0.15, -0.1) is 0 Å². The maximum Gasteiger partial charge on any atom is 0.183 e. The summed E-state index contributed by atoms with van der Waals surface area (Å²) in [4.78, 5) is 0.189. The summed E-state index contributed by atoms with van der Waals surface area (Å²) in [6.07, 6.45) is 0. The van der Waals surface area contributed by atoms with Gasteiger partial charge < -0.3 is 4.74 Å². The van der Waals surface area contributed by atoms with Gasteiger partial charge in [-0.2, -0.15) is 5.26 Å². The molecule has 2 aromatic rings. The largest absolute Gasteiger partial charge is 0.380 e. The zero-order valence-electron chi connectivity index (χ0n) is 14.6. The zero-order valence-corrected chi connectivity index (χ0v) is 15.5. The summed E-state index contributed by atoms with van der Waals surface area (Å²) in [5.41, 5.74) is 0.418. The normalized spacial score (nSPS) is 24.8. The first kappa shape index (κ1) is 18.6. The molecule has 1 aliphatic rings. The summed E-state index contributed by atoms with van der Waals surface area (Å²) in [6, 6.07) is 14.4. The molecule has 0 radical (unpaired) electrons. The number of sulfone groups is 1. The molecule has 2 aromatic carbocycles. The van der Waals surface area contributed by atoms with Crippen LogP contribution < -0.4 is 0 Å². The van der Waals surface area contributed by atoms with Gasteiger partial charge in [0.15, 0.2) is 9.84 Å². The maximum absolute atomic E-state index is 13.3. The van der Waals surface area contributed by atoms with Gasteiger partial charge in [0.05, 0.1) is 22.8 Å².